The van der Waals surface area contributed by atoms with Crippen LogP contribution in [0, 0.1) is 11.3 Å². The summed E-state index contributed by atoms with van der Waals surface area (Å²) in [5.74, 6) is 1.05. The highest BCUT2D eigenvalue weighted by atomic mass is 16.1. The van der Waals surface area contributed by atoms with Crippen molar-refractivity contribution in [2.45, 2.75) is 45.7 Å². The number of nitrogens with zero attached hydrogens (tertiary/aromatic N) is 2. The zero-order valence-electron chi connectivity index (χ0n) is 13.6. The van der Waals surface area contributed by atoms with Gasteiger partial charge in [-0.2, -0.15) is 0 Å². The van der Waals surface area contributed by atoms with Gasteiger partial charge in [0.05, 0.1) is 5.41 Å². The predicted octanol–water partition coefficient (Wildman–Crippen LogP) is 0.146. The van der Waals surface area contributed by atoms with Gasteiger partial charge in [0.1, 0.15) is 0 Å². The number of nitrogens with one attached hydrogen (secondary N) is 2. The van der Waals surface area contributed by atoms with E-state index in [1.807, 2.05) is 13.8 Å². The third kappa shape index (κ3) is 4.09. The summed E-state index contributed by atoms with van der Waals surface area (Å²) in [4.78, 5) is 18.2. The number of carbonyl (C=O) groups is 1. The maximum atomic E-state index is 11.4. The van der Waals surface area contributed by atoms with Crippen LogP contribution in [0.2, 0.25) is 0 Å². The number of hydrogen-bond donors (Lipinski definition) is 3. The Hall–Kier alpha value is -1.30. The van der Waals surface area contributed by atoms with E-state index in [-0.39, 0.29) is 5.91 Å². The number of rotatable bonds is 5. The van der Waals surface area contributed by atoms with E-state index in [1.54, 1.807) is 7.05 Å². The minimum atomic E-state index is -0.584. The van der Waals surface area contributed by atoms with Gasteiger partial charge in [-0.05, 0) is 32.6 Å². The Morgan fingerprint density at radius 3 is 2.57 bits per heavy atom. The Morgan fingerprint density at radius 2 is 2.05 bits per heavy atom. The molecule has 6 nitrogen and oxygen atoms in total. The van der Waals surface area contributed by atoms with Crippen molar-refractivity contribution in [3.63, 3.8) is 0 Å². The Balaban J connectivity index is 1.83. The Kier molecular flexibility index (Phi) is 4.76. The summed E-state index contributed by atoms with van der Waals surface area (Å²) in [5.41, 5.74) is 4.81. The molecule has 0 aromatic rings. The molecule has 6 heteroatoms. The molecule has 2 aliphatic rings. The number of likely N-dealkylation sites (tertiary alicyclic amines) is 1. The van der Waals surface area contributed by atoms with Crippen molar-refractivity contribution < 1.29 is 4.79 Å². The van der Waals surface area contributed by atoms with E-state index in [0.29, 0.717) is 18.5 Å². The highest BCUT2D eigenvalue weighted by Crippen LogP contribution is 2.31. The third-order valence-corrected chi connectivity index (χ3v) is 4.61. The molecular formula is C15H29N5O. The summed E-state index contributed by atoms with van der Waals surface area (Å²) in [7, 11) is 1.75. The second-order valence-electron chi connectivity index (χ2n) is 7.09. The van der Waals surface area contributed by atoms with Gasteiger partial charge in [0.25, 0.3) is 0 Å². The minimum Gasteiger partial charge on any atom is -0.369 e. The molecule has 2 unspecified atom stereocenters. The fourth-order valence-corrected chi connectivity index (χ4v) is 2.69. The highest BCUT2D eigenvalue weighted by Gasteiger charge is 2.38. The van der Waals surface area contributed by atoms with Gasteiger partial charge in [0, 0.05) is 38.8 Å². The number of primary amides is 1. The lowest BCUT2D eigenvalue weighted by Gasteiger charge is -2.25. The van der Waals surface area contributed by atoms with Crippen molar-refractivity contribution in [2.24, 2.45) is 22.1 Å². The predicted molar refractivity (Wildman–Crippen MR) is 85.0 cm³/mol. The molecule has 1 heterocycles. The van der Waals surface area contributed by atoms with Crippen molar-refractivity contribution in [3.8, 4) is 0 Å². The van der Waals surface area contributed by atoms with E-state index in [2.05, 4.69) is 27.4 Å². The van der Waals surface area contributed by atoms with Crippen molar-refractivity contribution >= 4 is 11.9 Å². The van der Waals surface area contributed by atoms with Crippen LogP contribution in [0.5, 0.6) is 0 Å². The second-order valence-corrected chi connectivity index (χ2v) is 7.09. The molecule has 0 aromatic carbocycles. The zero-order chi connectivity index (χ0) is 15.6. The van der Waals surface area contributed by atoms with Crippen LogP contribution in [0.1, 0.15) is 33.6 Å². The molecule has 0 aromatic heterocycles. The van der Waals surface area contributed by atoms with E-state index in [0.717, 1.165) is 25.1 Å². The molecule has 1 saturated heterocycles. The zero-order valence-corrected chi connectivity index (χ0v) is 13.6. The van der Waals surface area contributed by atoms with Crippen molar-refractivity contribution in [1.82, 2.24) is 15.5 Å². The van der Waals surface area contributed by atoms with Crippen molar-refractivity contribution in [3.05, 3.63) is 0 Å². The van der Waals surface area contributed by atoms with E-state index in [4.69, 9.17) is 5.73 Å². The molecule has 2 rings (SSSR count). The fraction of sp³-hybridized carbons (Fsp3) is 0.867. The maximum absolute atomic E-state index is 11.4. The molecule has 1 saturated carbocycles. The second kappa shape index (κ2) is 6.22. The summed E-state index contributed by atoms with van der Waals surface area (Å²) in [6, 6.07) is 1.22. The first kappa shape index (κ1) is 16.1. The Labute approximate surface area is 127 Å². The monoisotopic (exact) mass is 295 g/mol. The molecule has 120 valence electrons. The lowest BCUT2D eigenvalue weighted by molar-refractivity contribution is -0.125. The van der Waals surface area contributed by atoms with E-state index in [9.17, 15) is 4.79 Å². The van der Waals surface area contributed by atoms with Gasteiger partial charge in [-0.3, -0.25) is 14.7 Å². The average molecular weight is 295 g/mol. The summed E-state index contributed by atoms with van der Waals surface area (Å²) in [5, 5.41) is 6.70. The third-order valence-electron chi connectivity index (χ3n) is 4.61. The van der Waals surface area contributed by atoms with Crippen molar-refractivity contribution in [1.29, 1.82) is 0 Å². The van der Waals surface area contributed by atoms with Crippen LogP contribution in [-0.2, 0) is 4.79 Å². The number of aliphatic imine (C=N–C) groups is 1. The van der Waals surface area contributed by atoms with Crippen LogP contribution in [0.3, 0.4) is 0 Å². The molecule has 2 fully saturated rings. The summed E-state index contributed by atoms with van der Waals surface area (Å²) in [6.45, 7) is 8.67. The number of amides is 1. The normalized spacial score (nSPS) is 27.7. The molecule has 4 N–H and O–H groups in total. The average Bonchev–Trinajstić information content (AvgIpc) is 3.20. The van der Waals surface area contributed by atoms with E-state index >= 15 is 0 Å². The van der Waals surface area contributed by atoms with Gasteiger partial charge >= 0.3 is 0 Å². The van der Waals surface area contributed by atoms with Gasteiger partial charge in [0.15, 0.2) is 5.96 Å². The molecule has 1 aliphatic carbocycles. The van der Waals surface area contributed by atoms with Gasteiger partial charge < -0.3 is 16.4 Å². The quantitative estimate of drug-likeness (QED) is 0.498. The molecule has 0 bridgehead atoms. The first-order valence-electron chi connectivity index (χ1n) is 7.84. The lowest BCUT2D eigenvalue weighted by Crippen LogP contribution is -2.50. The first-order chi connectivity index (χ1) is 9.83. The van der Waals surface area contributed by atoms with Crippen LogP contribution < -0.4 is 16.4 Å². The smallest absolute Gasteiger partial charge is 0.224 e. The number of hydrogen-bond acceptors (Lipinski definition) is 3. The molecule has 2 atom stereocenters. The van der Waals surface area contributed by atoms with Crippen molar-refractivity contribution in [2.75, 3.05) is 26.7 Å². The summed E-state index contributed by atoms with van der Waals surface area (Å²) in [6.07, 6.45) is 2.69. The van der Waals surface area contributed by atoms with E-state index in [1.165, 1.54) is 12.8 Å². The van der Waals surface area contributed by atoms with Crippen LogP contribution in [0.4, 0.5) is 0 Å². The Morgan fingerprint density at radius 1 is 1.38 bits per heavy atom. The van der Waals surface area contributed by atoms with Crippen LogP contribution in [0.15, 0.2) is 4.99 Å². The number of nitrogens with two attached hydrogens (primary N) is 1. The van der Waals surface area contributed by atoms with Crippen LogP contribution >= 0.6 is 0 Å². The molecular weight excluding hydrogens is 266 g/mol. The highest BCUT2D eigenvalue weighted by molar-refractivity contribution is 5.83. The van der Waals surface area contributed by atoms with E-state index < -0.39 is 5.41 Å². The summed E-state index contributed by atoms with van der Waals surface area (Å²) < 4.78 is 0. The maximum Gasteiger partial charge on any atom is 0.224 e. The van der Waals surface area contributed by atoms with Gasteiger partial charge in [-0.15, -0.1) is 0 Å². The fourth-order valence-electron chi connectivity index (χ4n) is 2.69. The Bertz CT molecular complexity index is 416. The SMILES string of the molecule is CN=C(NCC(C)(C)C(N)=O)NC1CN(C2CC2)CC1C. The minimum absolute atomic E-state index is 0.306. The molecule has 1 aliphatic heterocycles. The van der Waals surface area contributed by atoms with Crippen LogP contribution in [-0.4, -0.2) is 55.5 Å². The van der Waals surface area contributed by atoms with Gasteiger partial charge in [-0.1, -0.05) is 6.92 Å². The number of guanidine groups is 1. The van der Waals surface area contributed by atoms with Crippen LogP contribution in [0.25, 0.3) is 0 Å². The first-order valence-corrected chi connectivity index (χ1v) is 7.84. The van der Waals surface area contributed by atoms with Gasteiger partial charge in [-0.25, -0.2) is 0 Å². The molecule has 0 spiro atoms. The summed E-state index contributed by atoms with van der Waals surface area (Å²) >= 11 is 0. The molecule has 0 radical (unpaired) electrons. The topological polar surface area (TPSA) is 82.7 Å². The molecule has 1 amide bonds. The largest absolute Gasteiger partial charge is 0.369 e. The lowest BCUT2D eigenvalue weighted by atomic mass is 9.93. The standard InChI is InChI=1S/C15H29N5O/c1-10-7-20(11-5-6-11)8-12(10)19-14(17-4)18-9-15(2,3)13(16)21/h10-12H,5-9H2,1-4H3,(H2,16,21)(H2,17,18,19). The molecule has 21 heavy (non-hydrogen) atoms. The van der Waals surface area contributed by atoms with Gasteiger partial charge in [0.2, 0.25) is 5.91 Å². The number of carbonyl (C=O) groups excluding carboxylic acids is 1.